The van der Waals surface area contributed by atoms with Gasteiger partial charge in [-0.3, -0.25) is 4.68 Å². The van der Waals surface area contributed by atoms with E-state index in [1.807, 2.05) is 11.7 Å². The first-order valence-electron chi connectivity index (χ1n) is 6.26. The molecule has 2 heterocycles. The predicted molar refractivity (Wildman–Crippen MR) is 69.2 cm³/mol. The monoisotopic (exact) mass is 238 g/mol. The van der Waals surface area contributed by atoms with Gasteiger partial charge < -0.3 is 15.4 Å². The highest BCUT2D eigenvalue weighted by molar-refractivity contribution is 5.67. The summed E-state index contributed by atoms with van der Waals surface area (Å²) < 4.78 is 7.29. The molecule has 1 aromatic heterocycles. The van der Waals surface area contributed by atoms with Crippen LogP contribution in [0.15, 0.2) is 0 Å². The molecule has 0 saturated carbocycles. The fraction of sp³-hybridized carbons (Fsp3) is 0.750. The molecule has 1 aliphatic heterocycles. The van der Waals surface area contributed by atoms with Gasteiger partial charge in [0.05, 0.1) is 17.5 Å². The van der Waals surface area contributed by atoms with Crippen LogP contribution in [0.4, 0.5) is 11.5 Å². The lowest BCUT2D eigenvalue weighted by molar-refractivity contribution is 0.121. The quantitative estimate of drug-likeness (QED) is 0.856. The molecule has 5 heteroatoms. The molecule has 2 rings (SSSR count). The van der Waals surface area contributed by atoms with Crippen molar-refractivity contribution < 1.29 is 4.74 Å². The molecule has 5 nitrogen and oxygen atoms in total. The molecule has 0 spiro atoms. The number of aryl methyl sites for hydroxylation is 2. The van der Waals surface area contributed by atoms with E-state index in [2.05, 4.69) is 16.9 Å². The van der Waals surface area contributed by atoms with Gasteiger partial charge in [0.2, 0.25) is 0 Å². The third-order valence-corrected chi connectivity index (χ3v) is 3.39. The molecule has 1 fully saturated rings. The van der Waals surface area contributed by atoms with Gasteiger partial charge in [-0.05, 0) is 12.8 Å². The molecular formula is C12H22N4O. The summed E-state index contributed by atoms with van der Waals surface area (Å²) in [6.45, 7) is 4.05. The topological polar surface area (TPSA) is 56.3 Å². The number of aromatic nitrogens is 2. The van der Waals surface area contributed by atoms with E-state index in [9.17, 15) is 0 Å². The molecule has 0 aromatic carbocycles. The number of methoxy groups -OCH3 is 1. The Balaban J connectivity index is 2.21. The molecule has 1 unspecified atom stereocenters. The Hall–Kier alpha value is -1.23. The first-order chi connectivity index (χ1) is 8.17. The maximum Gasteiger partial charge on any atom is 0.150 e. The molecule has 17 heavy (non-hydrogen) atoms. The van der Waals surface area contributed by atoms with Crippen molar-refractivity contribution in [3.8, 4) is 0 Å². The van der Waals surface area contributed by atoms with E-state index in [-0.39, 0.29) is 0 Å². The fourth-order valence-electron chi connectivity index (χ4n) is 2.50. The van der Waals surface area contributed by atoms with Crippen molar-refractivity contribution in [1.82, 2.24) is 9.78 Å². The van der Waals surface area contributed by atoms with Crippen LogP contribution in [0, 0.1) is 0 Å². The predicted octanol–water partition coefficient (Wildman–Crippen LogP) is 1.18. The van der Waals surface area contributed by atoms with Gasteiger partial charge in [0, 0.05) is 27.2 Å². The Bertz CT molecular complexity index is 388. The molecule has 0 bridgehead atoms. The molecule has 1 aliphatic rings. The summed E-state index contributed by atoms with van der Waals surface area (Å²) in [7, 11) is 3.73. The Morgan fingerprint density at radius 1 is 1.53 bits per heavy atom. The summed E-state index contributed by atoms with van der Waals surface area (Å²) in [6.07, 6.45) is 3.39. The van der Waals surface area contributed by atoms with E-state index in [1.54, 1.807) is 7.11 Å². The zero-order valence-electron chi connectivity index (χ0n) is 10.9. The molecule has 0 amide bonds. The molecule has 1 saturated heterocycles. The van der Waals surface area contributed by atoms with Gasteiger partial charge in [0.15, 0.2) is 5.82 Å². The van der Waals surface area contributed by atoms with Crippen LogP contribution in [0.3, 0.4) is 0 Å². The summed E-state index contributed by atoms with van der Waals surface area (Å²) >= 11 is 0. The SMILES string of the molecule is CCCc1nn(C)c(N2CCC(OC)C2)c1N. The van der Waals surface area contributed by atoms with E-state index >= 15 is 0 Å². The normalized spacial score (nSPS) is 20.2. The number of rotatable bonds is 4. The van der Waals surface area contributed by atoms with Crippen molar-refractivity contribution in [2.75, 3.05) is 30.8 Å². The summed E-state index contributed by atoms with van der Waals surface area (Å²) in [4.78, 5) is 2.27. The molecule has 0 radical (unpaired) electrons. The largest absolute Gasteiger partial charge is 0.394 e. The van der Waals surface area contributed by atoms with Gasteiger partial charge >= 0.3 is 0 Å². The molecule has 96 valence electrons. The second kappa shape index (κ2) is 4.96. The van der Waals surface area contributed by atoms with Crippen LogP contribution in [0.5, 0.6) is 0 Å². The van der Waals surface area contributed by atoms with Crippen LogP contribution < -0.4 is 10.6 Å². The van der Waals surface area contributed by atoms with E-state index < -0.39 is 0 Å². The second-order valence-electron chi connectivity index (χ2n) is 4.65. The lowest BCUT2D eigenvalue weighted by atomic mass is 10.2. The van der Waals surface area contributed by atoms with Crippen molar-refractivity contribution in [2.45, 2.75) is 32.3 Å². The fourth-order valence-corrected chi connectivity index (χ4v) is 2.50. The standard InChI is InChI=1S/C12H22N4O/c1-4-5-10-11(13)12(15(2)14-10)16-7-6-9(8-16)17-3/h9H,4-8,13H2,1-3H3. The Morgan fingerprint density at radius 3 is 2.88 bits per heavy atom. The summed E-state index contributed by atoms with van der Waals surface area (Å²) in [6, 6.07) is 0. The van der Waals surface area contributed by atoms with Crippen LogP contribution in [-0.4, -0.2) is 36.1 Å². The molecule has 2 N–H and O–H groups in total. The number of nitrogens with zero attached hydrogens (tertiary/aromatic N) is 3. The van der Waals surface area contributed by atoms with Crippen LogP contribution in [0.25, 0.3) is 0 Å². The van der Waals surface area contributed by atoms with Gasteiger partial charge in [0.1, 0.15) is 0 Å². The number of ether oxygens (including phenoxy) is 1. The highest BCUT2D eigenvalue weighted by atomic mass is 16.5. The lowest BCUT2D eigenvalue weighted by Crippen LogP contribution is -2.25. The number of hydrogen-bond donors (Lipinski definition) is 1. The Kier molecular flexibility index (Phi) is 3.57. The minimum Gasteiger partial charge on any atom is -0.394 e. The summed E-state index contributed by atoms with van der Waals surface area (Å²) in [5, 5.41) is 4.50. The van der Waals surface area contributed by atoms with Gasteiger partial charge in [0.25, 0.3) is 0 Å². The number of nitrogen functional groups attached to an aromatic ring is 1. The van der Waals surface area contributed by atoms with Gasteiger partial charge in [-0.1, -0.05) is 13.3 Å². The van der Waals surface area contributed by atoms with Crippen LogP contribution >= 0.6 is 0 Å². The van der Waals surface area contributed by atoms with Gasteiger partial charge in [-0.15, -0.1) is 0 Å². The van der Waals surface area contributed by atoms with Crippen LogP contribution in [0.2, 0.25) is 0 Å². The number of nitrogens with two attached hydrogens (primary N) is 1. The molecule has 1 atom stereocenters. The van der Waals surface area contributed by atoms with Crippen LogP contribution in [0.1, 0.15) is 25.5 Å². The Morgan fingerprint density at radius 2 is 2.29 bits per heavy atom. The van der Waals surface area contributed by atoms with Crippen molar-refractivity contribution >= 4 is 11.5 Å². The first-order valence-corrected chi connectivity index (χ1v) is 6.26. The zero-order valence-corrected chi connectivity index (χ0v) is 10.9. The van der Waals surface area contributed by atoms with E-state index in [4.69, 9.17) is 10.5 Å². The molecule has 1 aromatic rings. The lowest BCUT2D eigenvalue weighted by Gasteiger charge is -2.18. The number of anilines is 2. The summed E-state index contributed by atoms with van der Waals surface area (Å²) in [5.41, 5.74) is 8.05. The smallest absolute Gasteiger partial charge is 0.150 e. The highest BCUT2D eigenvalue weighted by Gasteiger charge is 2.27. The minimum absolute atomic E-state index is 0.318. The number of hydrogen-bond acceptors (Lipinski definition) is 4. The van der Waals surface area contributed by atoms with E-state index in [0.717, 1.165) is 49.6 Å². The van der Waals surface area contributed by atoms with Gasteiger partial charge in [-0.2, -0.15) is 5.10 Å². The van der Waals surface area contributed by atoms with Crippen molar-refractivity contribution in [2.24, 2.45) is 7.05 Å². The maximum absolute atomic E-state index is 6.19. The van der Waals surface area contributed by atoms with Crippen molar-refractivity contribution in [3.05, 3.63) is 5.69 Å². The maximum atomic E-state index is 6.19. The third-order valence-electron chi connectivity index (χ3n) is 3.39. The molecular weight excluding hydrogens is 216 g/mol. The zero-order chi connectivity index (χ0) is 12.4. The average Bonchev–Trinajstić information content (AvgIpc) is 2.86. The third kappa shape index (κ3) is 2.24. The first kappa shape index (κ1) is 12.2. The van der Waals surface area contributed by atoms with Crippen LogP contribution in [-0.2, 0) is 18.2 Å². The van der Waals surface area contributed by atoms with Gasteiger partial charge in [-0.25, -0.2) is 0 Å². The Labute approximate surface area is 103 Å². The van der Waals surface area contributed by atoms with E-state index in [0.29, 0.717) is 6.10 Å². The van der Waals surface area contributed by atoms with E-state index in [1.165, 1.54) is 0 Å². The van der Waals surface area contributed by atoms with Crippen molar-refractivity contribution in [1.29, 1.82) is 0 Å². The average molecular weight is 238 g/mol. The minimum atomic E-state index is 0.318. The summed E-state index contributed by atoms with van der Waals surface area (Å²) in [5.74, 6) is 1.05. The van der Waals surface area contributed by atoms with Crippen molar-refractivity contribution in [3.63, 3.8) is 0 Å². The highest BCUT2D eigenvalue weighted by Crippen LogP contribution is 2.30. The molecule has 0 aliphatic carbocycles. The second-order valence-corrected chi connectivity index (χ2v) is 4.65.